The monoisotopic (exact) mass is 388 g/mol. The molecule has 1 aliphatic heterocycles. The van der Waals surface area contributed by atoms with E-state index in [2.05, 4.69) is 20.9 Å². The van der Waals surface area contributed by atoms with Crippen molar-refractivity contribution in [1.82, 2.24) is 20.9 Å². The zero-order valence-corrected chi connectivity index (χ0v) is 15.8. The smallest absolute Gasteiger partial charge is 0.225 e. The number of thiazole rings is 1. The first kappa shape index (κ1) is 19.2. The number of nitrogens with one attached hydrogen (secondary N) is 4. The van der Waals surface area contributed by atoms with Crippen LogP contribution in [0.4, 0.5) is 0 Å². The van der Waals surface area contributed by atoms with Crippen LogP contribution in [-0.2, 0) is 4.79 Å². The van der Waals surface area contributed by atoms with Gasteiger partial charge in [-0.1, -0.05) is 12.1 Å². The number of hydrogen-bond acceptors (Lipinski definition) is 6. The molecule has 1 aromatic carbocycles. The Morgan fingerprint density at radius 1 is 1.41 bits per heavy atom. The predicted octanol–water partition coefficient (Wildman–Crippen LogP) is 0.837. The summed E-state index contributed by atoms with van der Waals surface area (Å²) in [5.41, 5.74) is 6.07. The minimum absolute atomic E-state index is 0.0982. The quantitative estimate of drug-likeness (QED) is 0.197. The highest BCUT2D eigenvalue weighted by atomic mass is 32.1. The van der Waals surface area contributed by atoms with Gasteiger partial charge in [-0.2, -0.15) is 0 Å². The molecule has 2 heterocycles. The molecule has 0 aliphatic carbocycles. The van der Waals surface area contributed by atoms with Crippen LogP contribution in [0.2, 0.25) is 0 Å². The van der Waals surface area contributed by atoms with Gasteiger partial charge in [-0.05, 0) is 37.9 Å². The number of aromatic nitrogens is 1. The van der Waals surface area contributed by atoms with Crippen LogP contribution in [0.25, 0.3) is 10.2 Å². The molecule has 1 fully saturated rings. The van der Waals surface area contributed by atoms with Crippen molar-refractivity contribution >= 4 is 39.2 Å². The van der Waals surface area contributed by atoms with Gasteiger partial charge in [0.15, 0.2) is 11.0 Å². The summed E-state index contributed by atoms with van der Waals surface area (Å²) < 4.78 is 0.948. The predicted molar refractivity (Wildman–Crippen MR) is 106 cm³/mol. The number of carbonyl (C=O) groups is 2. The molecule has 0 saturated carbocycles. The van der Waals surface area contributed by atoms with Gasteiger partial charge in [0.25, 0.3) is 0 Å². The standard InChI is InChI=1S/C18H24N6O2S/c19-18(20)22-8-3-5-13(23-16(26)11-7-9-21-10-11)15(25)17-24-12-4-1-2-6-14(12)27-17/h1-2,4,6,11,13,21H,3,5,7-10H2,(H,23,26)(H4,19,20,22)/t11-,13?/m0/s1. The normalized spacial score (nSPS) is 17.6. The fourth-order valence-corrected chi connectivity index (χ4v) is 4.05. The Kier molecular flexibility index (Phi) is 6.36. The number of Topliss-reactive ketones (excluding diaryl/α,β-unsaturated/α-hetero) is 1. The van der Waals surface area contributed by atoms with Crippen LogP contribution in [0, 0.1) is 11.3 Å². The third kappa shape index (κ3) is 5.01. The summed E-state index contributed by atoms with van der Waals surface area (Å²) in [6.07, 6.45) is 1.84. The Morgan fingerprint density at radius 2 is 2.22 bits per heavy atom. The number of nitrogens with zero attached hydrogens (tertiary/aromatic N) is 1. The Balaban J connectivity index is 1.71. The number of hydrogen-bond donors (Lipinski definition) is 5. The third-order valence-corrected chi connectivity index (χ3v) is 5.60. The fourth-order valence-electron chi connectivity index (χ4n) is 3.09. The molecule has 3 rings (SSSR count). The molecule has 1 saturated heterocycles. The lowest BCUT2D eigenvalue weighted by Gasteiger charge is -2.19. The second kappa shape index (κ2) is 8.92. The second-order valence-corrected chi connectivity index (χ2v) is 7.62. The first-order chi connectivity index (χ1) is 13.0. The maximum absolute atomic E-state index is 13.0. The van der Waals surface area contributed by atoms with Gasteiger partial charge >= 0.3 is 0 Å². The van der Waals surface area contributed by atoms with Gasteiger partial charge in [0.05, 0.1) is 22.2 Å². The van der Waals surface area contributed by atoms with Crippen LogP contribution in [-0.4, -0.2) is 48.3 Å². The van der Waals surface area contributed by atoms with Crippen LogP contribution in [0.15, 0.2) is 24.3 Å². The number of benzene rings is 1. The molecule has 0 spiro atoms. The largest absolute Gasteiger partial charge is 0.370 e. The number of rotatable bonds is 8. The molecule has 2 aromatic rings. The zero-order chi connectivity index (χ0) is 19.2. The van der Waals surface area contributed by atoms with Crippen molar-refractivity contribution in [2.75, 3.05) is 19.6 Å². The molecular weight excluding hydrogens is 364 g/mol. The summed E-state index contributed by atoms with van der Waals surface area (Å²) in [7, 11) is 0. The van der Waals surface area contributed by atoms with Crippen LogP contribution in [0.3, 0.4) is 0 Å². The van der Waals surface area contributed by atoms with Crippen LogP contribution < -0.4 is 21.7 Å². The Hall–Kier alpha value is -2.52. The molecule has 144 valence electrons. The molecule has 1 aliphatic rings. The van der Waals surface area contributed by atoms with Crippen LogP contribution in [0.5, 0.6) is 0 Å². The lowest BCUT2D eigenvalue weighted by Crippen LogP contribution is -2.44. The lowest BCUT2D eigenvalue weighted by molar-refractivity contribution is -0.124. The second-order valence-electron chi connectivity index (χ2n) is 6.58. The number of para-hydroxylation sites is 1. The van der Waals surface area contributed by atoms with E-state index in [1.54, 1.807) is 0 Å². The van der Waals surface area contributed by atoms with E-state index >= 15 is 0 Å². The van der Waals surface area contributed by atoms with Gasteiger partial charge in [-0.15, -0.1) is 11.3 Å². The Morgan fingerprint density at radius 3 is 2.93 bits per heavy atom. The number of fused-ring (bicyclic) bond motifs is 1. The third-order valence-electron chi connectivity index (χ3n) is 4.55. The Labute approximate surface area is 161 Å². The summed E-state index contributed by atoms with van der Waals surface area (Å²) in [5.74, 6) is -0.478. The van der Waals surface area contributed by atoms with Crippen molar-refractivity contribution < 1.29 is 9.59 Å². The molecule has 0 radical (unpaired) electrons. The average molecular weight is 388 g/mol. The van der Waals surface area contributed by atoms with E-state index in [0.29, 0.717) is 30.9 Å². The summed E-state index contributed by atoms with van der Waals surface area (Å²) >= 11 is 1.34. The molecule has 9 heteroatoms. The van der Waals surface area contributed by atoms with Crippen molar-refractivity contribution in [3.8, 4) is 0 Å². The molecule has 8 nitrogen and oxygen atoms in total. The first-order valence-electron chi connectivity index (χ1n) is 9.03. The average Bonchev–Trinajstić information content (AvgIpc) is 3.32. The number of guanidine groups is 1. The highest BCUT2D eigenvalue weighted by Crippen LogP contribution is 2.23. The van der Waals surface area contributed by atoms with Crippen molar-refractivity contribution in [2.24, 2.45) is 11.7 Å². The van der Waals surface area contributed by atoms with Gasteiger partial charge in [0, 0.05) is 13.1 Å². The summed E-state index contributed by atoms with van der Waals surface area (Å²) in [6.45, 7) is 1.93. The van der Waals surface area contributed by atoms with Gasteiger partial charge in [-0.25, -0.2) is 4.98 Å². The van der Waals surface area contributed by atoms with E-state index < -0.39 is 6.04 Å². The van der Waals surface area contributed by atoms with E-state index in [0.717, 1.165) is 23.2 Å². The van der Waals surface area contributed by atoms with E-state index in [4.69, 9.17) is 11.1 Å². The van der Waals surface area contributed by atoms with Crippen LogP contribution >= 0.6 is 11.3 Å². The van der Waals surface area contributed by atoms with E-state index in [-0.39, 0.29) is 23.6 Å². The molecule has 1 unspecified atom stereocenters. The molecular formula is C18H24N6O2S. The number of ketones is 1. The Bertz CT molecular complexity index is 797. The molecule has 2 atom stereocenters. The van der Waals surface area contributed by atoms with E-state index in [1.165, 1.54) is 11.3 Å². The van der Waals surface area contributed by atoms with Gasteiger partial charge < -0.3 is 21.7 Å². The summed E-state index contributed by atoms with van der Waals surface area (Å²) in [6, 6.07) is 6.97. The van der Waals surface area contributed by atoms with Crippen molar-refractivity contribution in [3.05, 3.63) is 29.3 Å². The van der Waals surface area contributed by atoms with Crippen molar-refractivity contribution in [3.63, 3.8) is 0 Å². The highest BCUT2D eigenvalue weighted by molar-refractivity contribution is 7.20. The van der Waals surface area contributed by atoms with Gasteiger partial charge in [-0.3, -0.25) is 15.0 Å². The molecule has 6 N–H and O–H groups in total. The first-order valence-corrected chi connectivity index (χ1v) is 9.85. The number of nitrogens with two attached hydrogens (primary N) is 1. The molecule has 27 heavy (non-hydrogen) atoms. The number of amides is 1. The molecule has 1 aromatic heterocycles. The molecule has 0 bridgehead atoms. The number of carbonyl (C=O) groups excluding carboxylic acids is 2. The van der Waals surface area contributed by atoms with Gasteiger partial charge in [0.2, 0.25) is 11.7 Å². The van der Waals surface area contributed by atoms with Crippen LogP contribution in [0.1, 0.15) is 29.1 Å². The minimum Gasteiger partial charge on any atom is -0.370 e. The SMILES string of the molecule is N=C(N)NCCCC(NC(=O)[C@H]1CCNC1)C(=O)c1nc2ccccc2s1. The topological polar surface area (TPSA) is 133 Å². The van der Waals surface area contributed by atoms with Gasteiger partial charge in [0.1, 0.15) is 0 Å². The van der Waals surface area contributed by atoms with E-state index in [1.807, 2.05) is 24.3 Å². The maximum Gasteiger partial charge on any atom is 0.225 e. The zero-order valence-electron chi connectivity index (χ0n) is 15.0. The fraction of sp³-hybridized carbons (Fsp3) is 0.444. The lowest BCUT2D eigenvalue weighted by atomic mass is 10.0. The van der Waals surface area contributed by atoms with Crippen molar-refractivity contribution in [2.45, 2.75) is 25.3 Å². The highest BCUT2D eigenvalue weighted by Gasteiger charge is 2.29. The summed E-state index contributed by atoms with van der Waals surface area (Å²) in [4.78, 5) is 30.0. The minimum atomic E-state index is -0.632. The van der Waals surface area contributed by atoms with E-state index in [9.17, 15) is 9.59 Å². The van der Waals surface area contributed by atoms with Crippen molar-refractivity contribution in [1.29, 1.82) is 5.41 Å². The maximum atomic E-state index is 13.0. The molecule has 1 amide bonds. The summed E-state index contributed by atoms with van der Waals surface area (Å²) in [5, 5.41) is 16.4.